The van der Waals surface area contributed by atoms with Crippen molar-refractivity contribution < 1.29 is 33.3 Å². The highest BCUT2D eigenvalue weighted by Crippen LogP contribution is 2.68. The SMILES string of the molecule is C[C@]12CCC(O)C=C1CC(C(F)(F)F)C1C2=CC[C@@]2(C)C1CC[C@]2(O)C(=O)CO. The number of alkyl halides is 3. The van der Waals surface area contributed by atoms with Gasteiger partial charge in [0, 0.05) is 10.8 Å². The van der Waals surface area contributed by atoms with Gasteiger partial charge in [-0.3, -0.25) is 4.79 Å². The monoisotopic (exact) mass is 414 g/mol. The van der Waals surface area contributed by atoms with Crippen LogP contribution in [0.1, 0.15) is 52.4 Å². The molecular formula is C22H29F3O4. The molecule has 0 amide bonds. The number of carbonyl (C=O) groups is 1. The summed E-state index contributed by atoms with van der Waals surface area (Å²) < 4.78 is 42.6. The second-order valence-corrected chi connectivity index (χ2v) is 9.88. The molecule has 4 rings (SSSR count). The van der Waals surface area contributed by atoms with Gasteiger partial charge in [0.2, 0.25) is 0 Å². The number of hydrogen-bond donors (Lipinski definition) is 3. The molecule has 0 aromatic heterocycles. The average molecular weight is 414 g/mol. The lowest BCUT2D eigenvalue weighted by atomic mass is 9.48. The molecule has 0 aromatic carbocycles. The molecule has 4 unspecified atom stereocenters. The Morgan fingerprint density at radius 1 is 1.24 bits per heavy atom. The predicted molar refractivity (Wildman–Crippen MR) is 99.7 cm³/mol. The van der Waals surface area contributed by atoms with Crippen LogP contribution >= 0.6 is 0 Å². The molecule has 0 aromatic rings. The van der Waals surface area contributed by atoms with Crippen molar-refractivity contribution in [1.82, 2.24) is 0 Å². The maximum absolute atomic E-state index is 14.2. The Kier molecular flexibility index (Phi) is 4.66. The first-order valence-corrected chi connectivity index (χ1v) is 10.4. The van der Waals surface area contributed by atoms with Gasteiger partial charge >= 0.3 is 6.18 Å². The number of carbonyl (C=O) groups excluding carboxylic acids is 1. The first-order chi connectivity index (χ1) is 13.4. The smallest absolute Gasteiger partial charge is 0.389 e. The Balaban J connectivity index is 1.86. The molecule has 0 bridgehead atoms. The van der Waals surface area contributed by atoms with Crippen LogP contribution in [0.3, 0.4) is 0 Å². The van der Waals surface area contributed by atoms with Gasteiger partial charge in [-0.1, -0.05) is 37.1 Å². The Bertz CT molecular complexity index is 787. The molecule has 0 radical (unpaired) electrons. The predicted octanol–water partition coefficient (Wildman–Crippen LogP) is 3.31. The molecule has 4 aliphatic carbocycles. The van der Waals surface area contributed by atoms with Crippen molar-refractivity contribution in [3.8, 4) is 0 Å². The molecule has 2 fully saturated rings. The van der Waals surface area contributed by atoms with Gasteiger partial charge in [-0.15, -0.1) is 0 Å². The number of rotatable bonds is 2. The molecule has 0 spiro atoms. The summed E-state index contributed by atoms with van der Waals surface area (Å²) in [7, 11) is 0. The average Bonchev–Trinajstić information content (AvgIpc) is 2.92. The van der Waals surface area contributed by atoms with Gasteiger partial charge in [-0.05, 0) is 50.4 Å². The maximum atomic E-state index is 14.2. The largest absolute Gasteiger partial charge is 0.392 e. The second-order valence-electron chi connectivity index (χ2n) is 9.88. The second kappa shape index (κ2) is 6.41. The van der Waals surface area contributed by atoms with E-state index in [1.54, 1.807) is 13.0 Å². The van der Waals surface area contributed by atoms with E-state index >= 15 is 0 Å². The summed E-state index contributed by atoms with van der Waals surface area (Å²) in [5.41, 5.74) is -1.94. The first-order valence-electron chi connectivity index (χ1n) is 10.4. The number of halogens is 3. The number of aliphatic hydroxyl groups excluding tert-OH is 2. The summed E-state index contributed by atoms with van der Waals surface area (Å²) in [5.74, 6) is -3.59. The van der Waals surface area contributed by atoms with E-state index in [-0.39, 0.29) is 12.8 Å². The Hall–Kier alpha value is -1.18. The van der Waals surface area contributed by atoms with Crippen LogP contribution in [0.25, 0.3) is 0 Å². The zero-order valence-electron chi connectivity index (χ0n) is 16.8. The van der Waals surface area contributed by atoms with Crippen LogP contribution in [0.5, 0.6) is 0 Å². The van der Waals surface area contributed by atoms with Gasteiger partial charge in [0.15, 0.2) is 5.78 Å². The lowest BCUT2D eigenvalue weighted by molar-refractivity contribution is -0.204. The molecule has 4 nitrogen and oxygen atoms in total. The number of fused-ring (bicyclic) bond motifs is 5. The third-order valence-electron chi connectivity index (χ3n) is 8.70. The molecule has 7 heteroatoms. The highest BCUT2D eigenvalue weighted by atomic mass is 19.4. The molecule has 29 heavy (non-hydrogen) atoms. The summed E-state index contributed by atoms with van der Waals surface area (Å²) >= 11 is 0. The highest BCUT2D eigenvalue weighted by molar-refractivity contribution is 5.89. The van der Waals surface area contributed by atoms with Crippen molar-refractivity contribution in [2.24, 2.45) is 28.6 Å². The zero-order valence-corrected chi connectivity index (χ0v) is 16.8. The molecule has 4 aliphatic rings. The van der Waals surface area contributed by atoms with Crippen molar-refractivity contribution in [1.29, 1.82) is 0 Å². The van der Waals surface area contributed by atoms with Crippen LogP contribution in [0.15, 0.2) is 23.3 Å². The molecule has 0 heterocycles. The summed E-state index contributed by atoms with van der Waals surface area (Å²) in [5, 5.41) is 30.5. The van der Waals surface area contributed by atoms with Gasteiger partial charge in [-0.2, -0.15) is 13.2 Å². The van der Waals surface area contributed by atoms with Gasteiger partial charge in [0.25, 0.3) is 0 Å². The van der Waals surface area contributed by atoms with Crippen LogP contribution in [0.2, 0.25) is 0 Å². The molecule has 0 saturated heterocycles. The Morgan fingerprint density at radius 2 is 1.93 bits per heavy atom. The number of aliphatic hydroxyl groups is 3. The van der Waals surface area contributed by atoms with E-state index in [1.807, 2.05) is 13.0 Å². The molecular weight excluding hydrogens is 385 g/mol. The molecule has 162 valence electrons. The molecule has 7 atom stereocenters. The molecule has 3 N–H and O–H groups in total. The van der Waals surface area contributed by atoms with Crippen LogP contribution < -0.4 is 0 Å². The Morgan fingerprint density at radius 3 is 2.55 bits per heavy atom. The highest BCUT2D eigenvalue weighted by Gasteiger charge is 2.67. The summed E-state index contributed by atoms with van der Waals surface area (Å²) in [4.78, 5) is 12.4. The van der Waals surface area contributed by atoms with Gasteiger partial charge in [-0.25, -0.2) is 0 Å². The van der Waals surface area contributed by atoms with Crippen LogP contribution in [0, 0.1) is 28.6 Å². The topological polar surface area (TPSA) is 77.8 Å². The van der Waals surface area contributed by atoms with Crippen molar-refractivity contribution in [3.05, 3.63) is 23.3 Å². The number of ketones is 1. The fraction of sp³-hybridized carbons (Fsp3) is 0.773. The van der Waals surface area contributed by atoms with Gasteiger partial charge in [0.1, 0.15) is 12.2 Å². The lowest BCUT2D eigenvalue weighted by Crippen LogP contribution is -2.57. The van der Waals surface area contributed by atoms with Crippen molar-refractivity contribution in [2.75, 3.05) is 6.61 Å². The third-order valence-corrected chi connectivity index (χ3v) is 8.70. The van der Waals surface area contributed by atoms with Crippen molar-refractivity contribution >= 4 is 5.78 Å². The van der Waals surface area contributed by atoms with E-state index in [0.717, 1.165) is 5.57 Å². The number of allylic oxidation sites excluding steroid dienone is 3. The van der Waals surface area contributed by atoms with Crippen molar-refractivity contribution in [2.45, 2.75) is 70.3 Å². The van der Waals surface area contributed by atoms with E-state index in [9.17, 15) is 33.3 Å². The molecule has 0 aliphatic heterocycles. The van der Waals surface area contributed by atoms with E-state index < -0.39 is 58.9 Å². The zero-order chi connectivity index (χ0) is 21.4. The number of hydrogen-bond acceptors (Lipinski definition) is 4. The van der Waals surface area contributed by atoms with E-state index in [1.165, 1.54) is 0 Å². The molecule has 2 saturated carbocycles. The maximum Gasteiger partial charge on any atom is 0.392 e. The minimum absolute atomic E-state index is 0.0773. The van der Waals surface area contributed by atoms with Crippen LogP contribution in [-0.2, 0) is 4.79 Å². The van der Waals surface area contributed by atoms with Gasteiger partial charge in [0.05, 0.1) is 12.0 Å². The quantitative estimate of drug-likeness (QED) is 0.606. The number of Topliss-reactive ketones (excluding diaryl/α,β-unsaturated/α-hetero) is 1. The van der Waals surface area contributed by atoms with Crippen LogP contribution in [0.4, 0.5) is 13.2 Å². The van der Waals surface area contributed by atoms with Crippen LogP contribution in [-0.4, -0.2) is 45.6 Å². The first kappa shape index (κ1) is 21.1. The van der Waals surface area contributed by atoms with E-state index in [0.29, 0.717) is 31.3 Å². The van der Waals surface area contributed by atoms with Gasteiger partial charge < -0.3 is 15.3 Å². The van der Waals surface area contributed by atoms with E-state index in [4.69, 9.17) is 0 Å². The minimum Gasteiger partial charge on any atom is -0.389 e. The minimum atomic E-state index is -4.42. The normalized spacial score (nSPS) is 46.9. The fourth-order valence-electron chi connectivity index (χ4n) is 6.93. The summed E-state index contributed by atoms with van der Waals surface area (Å²) in [6, 6.07) is 0. The van der Waals surface area contributed by atoms with E-state index in [2.05, 4.69) is 0 Å². The summed E-state index contributed by atoms with van der Waals surface area (Å²) in [6.45, 7) is 2.86. The Labute approximate surface area is 168 Å². The fourth-order valence-corrected chi connectivity index (χ4v) is 6.93. The summed E-state index contributed by atoms with van der Waals surface area (Å²) in [6.07, 6.45) is -0.0470. The third kappa shape index (κ3) is 2.73. The van der Waals surface area contributed by atoms with Crippen molar-refractivity contribution in [3.63, 3.8) is 0 Å². The lowest BCUT2D eigenvalue weighted by Gasteiger charge is -2.57. The standard InChI is InChI=1S/C22H29F3O4/c1-19-6-3-13(27)9-12(19)10-16(22(23,24)25)18-14(19)4-7-20(2)15(18)5-8-21(20,29)17(28)11-26/h4,9,13,15-16,18,26-27,29H,3,5-8,10-11H2,1-2H3/t13?,15?,16?,18?,19-,20-,21-/m0/s1.